The predicted octanol–water partition coefficient (Wildman–Crippen LogP) is 5.53. The summed E-state index contributed by atoms with van der Waals surface area (Å²) >= 11 is 0. The molecule has 0 fully saturated rings. The highest BCUT2D eigenvalue weighted by molar-refractivity contribution is 6.01. The van der Waals surface area contributed by atoms with E-state index in [-0.39, 0.29) is 29.5 Å². The highest BCUT2D eigenvalue weighted by Gasteiger charge is 2.33. The molecule has 5 heteroatoms. The number of phenols is 3. The Morgan fingerprint density at radius 3 is 2.33 bits per heavy atom. The van der Waals surface area contributed by atoms with Crippen molar-refractivity contribution in [1.82, 2.24) is 0 Å². The van der Waals surface area contributed by atoms with Crippen LogP contribution >= 0.6 is 0 Å². The first kappa shape index (κ1) is 21.5. The van der Waals surface area contributed by atoms with E-state index in [1.54, 1.807) is 12.1 Å². The summed E-state index contributed by atoms with van der Waals surface area (Å²) in [5.41, 5.74) is 4.36. The quantitative estimate of drug-likeness (QED) is 0.567. The first-order chi connectivity index (χ1) is 14.2. The number of benzene rings is 2. The van der Waals surface area contributed by atoms with Crippen LogP contribution in [0.3, 0.4) is 0 Å². The number of rotatable bonds is 5. The Morgan fingerprint density at radius 1 is 1.03 bits per heavy atom. The van der Waals surface area contributed by atoms with E-state index in [4.69, 9.17) is 4.74 Å². The van der Waals surface area contributed by atoms with Crippen LogP contribution in [0.2, 0.25) is 0 Å². The summed E-state index contributed by atoms with van der Waals surface area (Å²) in [5, 5.41) is 30.8. The van der Waals surface area contributed by atoms with Crippen molar-refractivity contribution in [3.8, 4) is 23.0 Å². The van der Waals surface area contributed by atoms with Crippen molar-refractivity contribution in [2.24, 2.45) is 0 Å². The molecule has 0 saturated heterocycles. The predicted molar refractivity (Wildman–Crippen MR) is 116 cm³/mol. The molecule has 0 amide bonds. The molecule has 0 spiro atoms. The summed E-state index contributed by atoms with van der Waals surface area (Å²) in [5.74, 6) is 0.188. The fourth-order valence-electron chi connectivity index (χ4n) is 3.52. The summed E-state index contributed by atoms with van der Waals surface area (Å²) in [6.45, 7) is 7.92. The molecule has 5 nitrogen and oxygen atoms in total. The molecule has 1 heterocycles. The minimum atomic E-state index is -0.695. The standard InChI is InChI=1S/C25H28O5/c1-14(2)5-7-16-11-20-22(28)13-23(18-10-8-17(26)12-21(18)27)30-25(20)19(24(16)29)9-6-15(3)4/h5-6,8,10-12,23,26-27,29H,7,9,13H2,1-4H3/t23-/m1/s1. The van der Waals surface area contributed by atoms with Gasteiger partial charge < -0.3 is 20.1 Å². The average Bonchev–Trinajstić information content (AvgIpc) is 2.65. The average molecular weight is 408 g/mol. The topological polar surface area (TPSA) is 87.0 Å². The van der Waals surface area contributed by atoms with E-state index >= 15 is 0 Å². The highest BCUT2D eigenvalue weighted by atomic mass is 16.5. The Hall–Kier alpha value is -3.21. The monoisotopic (exact) mass is 408 g/mol. The van der Waals surface area contributed by atoms with Crippen molar-refractivity contribution in [2.75, 3.05) is 0 Å². The SMILES string of the molecule is CC(C)=CCc1cc2c(c(CC=C(C)C)c1O)O[C@@H](c1ccc(O)cc1O)CC2=O. The van der Waals surface area contributed by atoms with Crippen molar-refractivity contribution in [2.45, 2.75) is 53.1 Å². The second kappa shape index (κ2) is 8.66. The van der Waals surface area contributed by atoms with E-state index < -0.39 is 6.10 Å². The number of carbonyl (C=O) groups excluding carboxylic acids is 1. The third-order valence-corrected chi connectivity index (χ3v) is 5.16. The molecule has 1 aliphatic rings. The van der Waals surface area contributed by atoms with Crippen LogP contribution in [0.4, 0.5) is 0 Å². The molecule has 3 rings (SSSR count). The molecule has 0 aromatic heterocycles. The molecule has 2 aromatic carbocycles. The maximum absolute atomic E-state index is 13.0. The van der Waals surface area contributed by atoms with Crippen LogP contribution in [-0.4, -0.2) is 21.1 Å². The van der Waals surface area contributed by atoms with Crippen LogP contribution < -0.4 is 4.74 Å². The zero-order chi connectivity index (χ0) is 22.0. The summed E-state index contributed by atoms with van der Waals surface area (Å²) in [4.78, 5) is 13.0. The minimum absolute atomic E-state index is 0.0652. The van der Waals surface area contributed by atoms with Crippen molar-refractivity contribution in [3.05, 3.63) is 69.8 Å². The molecule has 0 saturated carbocycles. The largest absolute Gasteiger partial charge is 0.508 e. The van der Waals surface area contributed by atoms with Crippen LogP contribution in [0.5, 0.6) is 23.0 Å². The maximum Gasteiger partial charge on any atom is 0.170 e. The zero-order valence-corrected chi connectivity index (χ0v) is 17.8. The molecule has 0 aliphatic carbocycles. The number of carbonyl (C=O) groups is 1. The molecule has 0 radical (unpaired) electrons. The normalized spacial score (nSPS) is 15.2. The van der Waals surface area contributed by atoms with E-state index in [1.807, 2.05) is 39.8 Å². The summed E-state index contributed by atoms with van der Waals surface area (Å²) < 4.78 is 6.17. The van der Waals surface area contributed by atoms with Crippen LogP contribution in [-0.2, 0) is 12.8 Å². The van der Waals surface area contributed by atoms with E-state index in [9.17, 15) is 20.1 Å². The van der Waals surface area contributed by atoms with E-state index in [0.717, 1.165) is 11.1 Å². The van der Waals surface area contributed by atoms with Gasteiger partial charge in [0, 0.05) is 17.2 Å². The third kappa shape index (κ3) is 4.51. The Balaban J connectivity index is 2.11. The fraction of sp³-hybridized carbons (Fsp3) is 0.320. The number of hydrogen-bond acceptors (Lipinski definition) is 5. The summed E-state index contributed by atoms with van der Waals surface area (Å²) in [7, 11) is 0. The lowest BCUT2D eigenvalue weighted by Gasteiger charge is -2.29. The molecular formula is C25H28O5. The molecule has 0 unspecified atom stereocenters. The fourth-order valence-corrected chi connectivity index (χ4v) is 3.52. The molecule has 3 N–H and O–H groups in total. The van der Waals surface area contributed by atoms with Crippen LogP contribution in [0, 0.1) is 0 Å². The van der Waals surface area contributed by atoms with Crippen molar-refractivity contribution in [3.63, 3.8) is 0 Å². The van der Waals surface area contributed by atoms with Crippen molar-refractivity contribution in [1.29, 1.82) is 0 Å². The molecule has 30 heavy (non-hydrogen) atoms. The summed E-state index contributed by atoms with van der Waals surface area (Å²) in [6.07, 6.45) is 4.33. The van der Waals surface area contributed by atoms with Gasteiger partial charge in [-0.2, -0.15) is 0 Å². The number of fused-ring (bicyclic) bond motifs is 1. The van der Waals surface area contributed by atoms with E-state index in [1.165, 1.54) is 12.1 Å². The van der Waals surface area contributed by atoms with Crippen LogP contribution in [0.25, 0.3) is 0 Å². The van der Waals surface area contributed by atoms with Crippen LogP contribution in [0.1, 0.15) is 67.3 Å². The molecule has 2 aromatic rings. The summed E-state index contributed by atoms with van der Waals surface area (Å²) in [6, 6.07) is 5.93. The number of ether oxygens (including phenoxy) is 1. The Morgan fingerprint density at radius 2 is 1.70 bits per heavy atom. The van der Waals surface area contributed by atoms with Gasteiger partial charge in [0.25, 0.3) is 0 Å². The highest BCUT2D eigenvalue weighted by Crippen LogP contribution is 2.44. The number of Topliss-reactive ketones (excluding diaryl/α,β-unsaturated/α-hetero) is 1. The molecule has 0 bridgehead atoms. The van der Waals surface area contributed by atoms with Gasteiger partial charge >= 0.3 is 0 Å². The Kier molecular flexibility index (Phi) is 6.20. The van der Waals surface area contributed by atoms with Gasteiger partial charge in [0.2, 0.25) is 0 Å². The van der Waals surface area contributed by atoms with E-state index in [2.05, 4.69) is 0 Å². The van der Waals surface area contributed by atoms with Gasteiger partial charge in [-0.05, 0) is 64.3 Å². The van der Waals surface area contributed by atoms with Crippen LogP contribution in [0.15, 0.2) is 47.6 Å². The zero-order valence-electron chi connectivity index (χ0n) is 17.8. The molecular weight excluding hydrogens is 380 g/mol. The number of phenolic OH excluding ortho intramolecular Hbond substituents is 3. The third-order valence-electron chi connectivity index (χ3n) is 5.16. The van der Waals surface area contributed by atoms with Crippen molar-refractivity contribution >= 4 is 5.78 Å². The molecule has 158 valence electrons. The van der Waals surface area contributed by atoms with Crippen molar-refractivity contribution < 1.29 is 24.9 Å². The second-order valence-electron chi connectivity index (χ2n) is 8.19. The van der Waals surface area contributed by atoms with Gasteiger partial charge in [0.1, 0.15) is 29.1 Å². The van der Waals surface area contributed by atoms with Gasteiger partial charge in [-0.15, -0.1) is 0 Å². The Bertz CT molecular complexity index is 1040. The lowest BCUT2D eigenvalue weighted by atomic mass is 9.90. The number of hydrogen-bond donors (Lipinski definition) is 3. The van der Waals surface area contributed by atoms with Gasteiger partial charge in [-0.1, -0.05) is 23.3 Å². The first-order valence-electron chi connectivity index (χ1n) is 10.0. The van der Waals surface area contributed by atoms with Gasteiger partial charge in [0.05, 0.1) is 12.0 Å². The smallest absolute Gasteiger partial charge is 0.170 e. The lowest BCUT2D eigenvalue weighted by Crippen LogP contribution is -2.22. The molecule has 1 aliphatic heterocycles. The van der Waals surface area contributed by atoms with E-state index in [0.29, 0.717) is 40.8 Å². The lowest BCUT2D eigenvalue weighted by molar-refractivity contribution is 0.0844. The van der Waals surface area contributed by atoms with Gasteiger partial charge in [0.15, 0.2) is 5.78 Å². The Labute approximate surface area is 177 Å². The molecule has 1 atom stereocenters. The number of aromatic hydroxyl groups is 3. The number of allylic oxidation sites excluding steroid dienone is 4. The number of ketones is 1. The minimum Gasteiger partial charge on any atom is -0.508 e. The maximum atomic E-state index is 13.0. The first-order valence-corrected chi connectivity index (χ1v) is 10.0. The second-order valence-corrected chi connectivity index (χ2v) is 8.19. The van der Waals surface area contributed by atoms with Gasteiger partial charge in [-0.3, -0.25) is 4.79 Å². The van der Waals surface area contributed by atoms with Gasteiger partial charge in [-0.25, -0.2) is 0 Å².